The zero-order valence-corrected chi connectivity index (χ0v) is 19.7. The molecule has 1 heteroatoms. The zero-order valence-electron chi connectivity index (χ0n) is 19.7. The molecule has 0 saturated carbocycles. The van der Waals surface area contributed by atoms with Crippen molar-refractivity contribution in [1.82, 2.24) is 0 Å². The first-order chi connectivity index (χ1) is 13.1. The second kappa shape index (κ2) is 20.4. The highest BCUT2D eigenvalue weighted by molar-refractivity contribution is 4.81. The number of unbranched alkanes of at least 4 members (excludes halogenated alkanes) is 15. The van der Waals surface area contributed by atoms with Crippen molar-refractivity contribution in [3.05, 3.63) is 12.2 Å². The first-order valence-electron chi connectivity index (χ1n) is 12.6. The van der Waals surface area contributed by atoms with Crippen molar-refractivity contribution in [3.63, 3.8) is 0 Å². The van der Waals surface area contributed by atoms with Crippen LogP contribution in [0.4, 0.5) is 0 Å². The molecule has 0 aromatic rings. The molecular weight excluding hydrogens is 326 g/mol. The second-order valence-corrected chi connectivity index (χ2v) is 9.38. The van der Waals surface area contributed by atoms with Crippen molar-refractivity contribution in [3.8, 4) is 0 Å². The maximum Gasteiger partial charge on any atom is 0.0782 e. The minimum atomic E-state index is 1.23. The van der Waals surface area contributed by atoms with Crippen LogP contribution < -0.4 is 0 Å². The SMILES string of the molecule is CCCCCCCCC=CCCCCCCCC[N+](C)(C)CCCCCC. The number of hydrogen-bond acceptors (Lipinski definition) is 0. The molecule has 0 aliphatic heterocycles. The fourth-order valence-corrected chi connectivity index (χ4v) is 3.87. The standard InChI is InChI=1S/C26H54N/c1-5-7-9-11-12-13-14-15-16-17-18-19-20-21-22-24-26-27(3,4)25-23-10-8-6-2/h15-16H,5-14,17-26H2,1-4H3/q+1. The molecule has 0 aliphatic carbocycles. The van der Waals surface area contributed by atoms with E-state index >= 15 is 0 Å². The van der Waals surface area contributed by atoms with Crippen molar-refractivity contribution in [2.45, 2.75) is 129 Å². The van der Waals surface area contributed by atoms with Crippen molar-refractivity contribution in [2.75, 3.05) is 27.2 Å². The van der Waals surface area contributed by atoms with Gasteiger partial charge in [-0.05, 0) is 51.4 Å². The van der Waals surface area contributed by atoms with E-state index in [0.717, 1.165) is 0 Å². The molecule has 0 aromatic heterocycles. The first-order valence-corrected chi connectivity index (χ1v) is 12.6. The van der Waals surface area contributed by atoms with Crippen LogP contribution in [0.1, 0.15) is 129 Å². The van der Waals surface area contributed by atoms with Gasteiger partial charge in [-0.2, -0.15) is 0 Å². The molecule has 1 nitrogen and oxygen atoms in total. The van der Waals surface area contributed by atoms with Gasteiger partial charge >= 0.3 is 0 Å². The molecule has 0 amide bonds. The van der Waals surface area contributed by atoms with E-state index < -0.39 is 0 Å². The van der Waals surface area contributed by atoms with Gasteiger partial charge in [0.1, 0.15) is 0 Å². The number of nitrogens with zero attached hydrogens (tertiary/aromatic N) is 1. The molecule has 0 radical (unpaired) electrons. The van der Waals surface area contributed by atoms with E-state index in [1.54, 1.807) is 0 Å². The third kappa shape index (κ3) is 21.9. The van der Waals surface area contributed by atoms with Gasteiger partial charge in [0, 0.05) is 0 Å². The Morgan fingerprint density at radius 2 is 0.778 bits per heavy atom. The van der Waals surface area contributed by atoms with Crippen LogP contribution in [0.2, 0.25) is 0 Å². The highest BCUT2D eigenvalue weighted by Crippen LogP contribution is 2.12. The van der Waals surface area contributed by atoms with Gasteiger partial charge in [-0.25, -0.2) is 0 Å². The molecule has 0 bridgehead atoms. The van der Waals surface area contributed by atoms with Crippen LogP contribution in [0.5, 0.6) is 0 Å². The molecule has 0 fully saturated rings. The molecule has 0 aliphatic rings. The number of quaternary nitrogens is 1. The molecule has 0 saturated heterocycles. The van der Waals surface area contributed by atoms with Gasteiger partial charge < -0.3 is 4.48 Å². The molecule has 0 atom stereocenters. The van der Waals surface area contributed by atoms with E-state index in [1.807, 2.05) is 0 Å². The third-order valence-corrected chi connectivity index (χ3v) is 5.89. The number of hydrogen-bond donors (Lipinski definition) is 0. The van der Waals surface area contributed by atoms with Crippen molar-refractivity contribution >= 4 is 0 Å². The lowest BCUT2D eigenvalue weighted by Crippen LogP contribution is -2.41. The summed E-state index contributed by atoms with van der Waals surface area (Å²) >= 11 is 0. The Balaban J connectivity index is 3.29. The van der Waals surface area contributed by atoms with Crippen molar-refractivity contribution in [1.29, 1.82) is 0 Å². The van der Waals surface area contributed by atoms with Crippen LogP contribution >= 0.6 is 0 Å². The van der Waals surface area contributed by atoms with E-state index in [-0.39, 0.29) is 0 Å². The predicted molar refractivity (Wildman–Crippen MR) is 125 cm³/mol. The van der Waals surface area contributed by atoms with E-state index in [4.69, 9.17) is 0 Å². The minimum Gasteiger partial charge on any atom is -0.328 e. The topological polar surface area (TPSA) is 0 Å². The van der Waals surface area contributed by atoms with E-state index in [1.165, 1.54) is 133 Å². The summed E-state index contributed by atoms with van der Waals surface area (Å²) in [4.78, 5) is 0. The summed E-state index contributed by atoms with van der Waals surface area (Å²) in [6.07, 6.45) is 30.1. The van der Waals surface area contributed by atoms with E-state index in [9.17, 15) is 0 Å². The Labute approximate surface area is 173 Å². The lowest BCUT2D eigenvalue weighted by molar-refractivity contribution is -0.890. The van der Waals surface area contributed by atoms with Gasteiger partial charge in [-0.1, -0.05) is 90.2 Å². The quantitative estimate of drug-likeness (QED) is 0.106. The molecule has 162 valence electrons. The highest BCUT2D eigenvalue weighted by Gasteiger charge is 2.13. The fraction of sp³-hybridized carbons (Fsp3) is 0.923. The Kier molecular flexibility index (Phi) is 20.2. The van der Waals surface area contributed by atoms with Crippen molar-refractivity contribution in [2.24, 2.45) is 0 Å². The summed E-state index contributed by atoms with van der Waals surface area (Å²) in [5.41, 5.74) is 0. The maximum absolute atomic E-state index is 2.44. The second-order valence-electron chi connectivity index (χ2n) is 9.38. The lowest BCUT2D eigenvalue weighted by Gasteiger charge is -2.30. The zero-order chi connectivity index (χ0) is 20.1. The average Bonchev–Trinajstić information content (AvgIpc) is 2.65. The molecular formula is C26H54N+. The van der Waals surface area contributed by atoms with Crippen molar-refractivity contribution < 1.29 is 4.48 Å². The highest BCUT2D eigenvalue weighted by atomic mass is 15.3. The molecule has 0 spiro atoms. The maximum atomic E-state index is 2.44. The summed E-state index contributed by atoms with van der Waals surface area (Å²) in [5, 5.41) is 0. The molecule has 0 aromatic carbocycles. The third-order valence-electron chi connectivity index (χ3n) is 5.89. The normalized spacial score (nSPS) is 12.3. The van der Waals surface area contributed by atoms with Crippen LogP contribution in [0.3, 0.4) is 0 Å². The number of rotatable bonds is 21. The molecule has 0 heterocycles. The minimum absolute atomic E-state index is 1.23. The van der Waals surface area contributed by atoms with Crippen LogP contribution in [0, 0.1) is 0 Å². The molecule has 27 heavy (non-hydrogen) atoms. The summed E-state index contributed by atoms with van der Waals surface area (Å²) < 4.78 is 1.23. The van der Waals surface area contributed by atoms with Crippen LogP contribution in [0.15, 0.2) is 12.2 Å². The summed E-state index contributed by atoms with van der Waals surface area (Å²) in [5.74, 6) is 0. The Morgan fingerprint density at radius 1 is 0.444 bits per heavy atom. The average molecular weight is 381 g/mol. The van der Waals surface area contributed by atoms with E-state index in [0.29, 0.717) is 0 Å². The smallest absolute Gasteiger partial charge is 0.0782 e. The molecule has 0 N–H and O–H groups in total. The number of allylic oxidation sites excluding steroid dienone is 2. The summed E-state index contributed by atoms with van der Waals surface area (Å²) in [6, 6.07) is 0. The van der Waals surface area contributed by atoms with Crippen LogP contribution in [-0.2, 0) is 0 Å². The predicted octanol–water partition coefficient (Wildman–Crippen LogP) is 8.68. The first kappa shape index (κ1) is 26.7. The summed E-state index contributed by atoms with van der Waals surface area (Å²) in [7, 11) is 4.84. The van der Waals surface area contributed by atoms with Gasteiger partial charge in [0.15, 0.2) is 0 Å². The van der Waals surface area contributed by atoms with Gasteiger partial charge in [0.25, 0.3) is 0 Å². The Morgan fingerprint density at radius 3 is 1.22 bits per heavy atom. The molecule has 0 unspecified atom stereocenters. The lowest BCUT2D eigenvalue weighted by atomic mass is 10.1. The van der Waals surface area contributed by atoms with Crippen LogP contribution in [-0.4, -0.2) is 31.7 Å². The monoisotopic (exact) mass is 380 g/mol. The van der Waals surface area contributed by atoms with Crippen LogP contribution in [0.25, 0.3) is 0 Å². The Bertz CT molecular complexity index is 305. The molecule has 0 rings (SSSR count). The van der Waals surface area contributed by atoms with Gasteiger partial charge in [0.2, 0.25) is 0 Å². The fourth-order valence-electron chi connectivity index (χ4n) is 3.87. The van der Waals surface area contributed by atoms with Gasteiger partial charge in [0.05, 0.1) is 27.2 Å². The Hall–Kier alpha value is -0.300. The van der Waals surface area contributed by atoms with E-state index in [2.05, 4.69) is 40.1 Å². The largest absolute Gasteiger partial charge is 0.328 e. The van der Waals surface area contributed by atoms with Gasteiger partial charge in [-0.3, -0.25) is 0 Å². The summed E-state index contributed by atoms with van der Waals surface area (Å²) in [6.45, 7) is 7.32. The van der Waals surface area contributed by atoms with Gasteiger partial charge in [-0.15, -0.1) is 0 Å².